The van der Waals surface area contributed by atoms with E-state index >= 15 is 0 Å². The Hall–Kier alpha value is -1.13. The lowest BCUT2D eigenvalue weighted by Gasteiger charge is -2.08. The van der Waals surface area contributed by atoms with E-state index in [9.17, 15) is 14.9 Å². The van der Waals surface area contributed by atoms with Crippen LogP contribution in [0, 0.1) is 16.0 Å². The molecule has 0 aliphatic carbocycles. The fourth-order valence-corrected chi connectivity index (χ4v) is 0.916. The first-order chi connectivity index (χ1) is 5.99. The van der Waals surface area contributed by atoms with Gasteiger partial charge in [-0.2, -0.15) is 0 Å². The number of carbonyl (C=O) groups is 1. The molecule has 5 heteroatoms. The molecule has 13 heavy (non-hydrogen) atoms. The quantitative estimate of drug-likeness (QED) is 0.370. The molecule has 0 radical (unpaired) electrons. The van der Waals surface area contributed by atoms with Gasteiger partial charge < -0.3 is 4.74 Å². The van der Waals surface area contributed by atoms with Gasteiger partial charge in [-0.3, -0.25) is 14.9 Å². The van der Waals surface area contributed by atoms with Crippen molar-refractivity contribution in [2.45, 2.75) is 32.7 Å². The minimum absolute atomic E-state index is 0.257. The molecule has 0 aromatic rings. The van der Waals surface area contributed by atoms with Gasteiger partial charge in [-0.25, -0.2) is 0 Å². The van der Waals surface area contributed by atoms with Crippen LogP contribution < -0.4 is 0 Å². The van der Waals surface area contributed by atoms with E-state index in [0.29, 0.717) is 12.8 Å². The molecule has 0 saturated carbocycles. The lowest BCUT2D eigenvalue weighted by Crippen LogP contribution is -2.19. The van der Waals surface area contributed by atoms with Gasteiger partial charge in [0.25, 0.3) is 0 Å². The number of ether oxygens (including phenoxy) is 1. The fraction of sp³-hybridized carbons (Fsp3) is 0.875. The second-order valence-corrected chi connectivity index (χ2v) is 3.14. The molecule has 2 atom stereocenters. The van der Waals surface area contributed by atoms with Crippen LogP contribution in [0.25, 0.3) is 0 Å². The van der Waals surface area contributed by atoms with E-state index in [1.165, 1.54) is 14.0 Å². The first-order valence-corrected chi connectivity index (χ1v) is 4.20. The zero-order valence-corrected chi connectivity index (χ0v) is 8.15. The molecule has 5 nitrogen and oxygen atoms in total. The molecule has 0 rings (SSSR count). The molecule has 0 aromatic heterocycles. The smallest absolute Gasteiger partial charge is 0.308 e. The summed E-state index contributed by atoms with van der Waals surface area (Å²) in [6.07, 6.45) is 0.901. The molecule has 0 aliphatic rings. The van der Waals surface area contributed by atoms with E-state index < -0.39 is 6.04 Å². The predicted molar refractivity (Wildman–Crippen MR) is 46.9 cm³/mol. The third-order valence-corrected chi connectivity index (χ3v) is 1.98. The topological polar surface area (TPSA) is 69.4 Å². The lowest BCUT2D eigenvalue weighted by molar-refractivity contribution is -0.519. The van der Waals surface area contributed by atoms with Gasteiger partial charge in [0, 0.05) is 18.3 Å². The Morgan fingerprint density at radius 1 is 1.46 bits per heavy atom. The zero-order chi connectivity index (χ0) is 10.4. The van der Waals surface area contributed by atoms with Crippen molar-refractivity contribution in [2.75, 3.05) is 7.11 Å². The summed E-state index contributed by atoms with van der Waals surface area (Å²) in [5.74, 6) is -0.567. The second-order valence-electron chi connectivity index (χ2n) is 3.14. The van der Waals surface area contributed by atoms with Crippen LogP contribution in [-0.4, -0.2) is 24.0 Å². The summed E-state index contributed by atoms with van der Waals surface area (Å²) in [5, 5.41) is 10.2. The molecule has 0 fully saturated rings. The summed E-state index contributed by atoms with van der Waals surface area (Å²) < 4.78 is 4.50. The van der Waals surface area contributed by atoms with Gasteiger partial charge in [0.1, 0.15) is 0 Å². The fourth-order valence-electron chi connectivity index (χ4n) is 0.916. The summed E-state index contributed by atoms with van der Waals surface area (Å²) in [6.45, 7) is 3.24. The molecular formula is C8H15NO4. The van der Waals surface area contributed by atoms with Crippen molar-refractivity contribution in [3.8, 4) is 0 Å². The van der Waals surface area contributed by atoms with Gasteiger partial charge in [0.15, 0.2) is 0 Å². The number of nitro groups is 1. The highest BCUT2D eigenvalue weighted by Gasteiger charge is 2.18. The minimum atomic E-state index is -0.591. The van der Waals surface area contributed by atoms with Crippen molar-refractivity contribution in [1.82, 2.24) is 0 Å². The maximum atomic E-state index is 10.9. The van der Waals surface area contributed by atoms with Crippen molar-refractivity contribution < 1.29 is 14.5 Å². The van der Waals surface area contributed by atoms with E-state index in [1.54, 1.807) is 6.92 Å². The average Bonchev–Trinajstić information content (AvgIpc) is 2.11. The van der Waals surface area contributed by atoms with E-state index in [-0.39, 0.29) is 16.8 Å². The Balaban J connectivity index is 3.76. The first-order valence-electron chi connectivity index (χ1n) is 4.20. The number of esters is 1. The van der Waals surface area contributed by atoms with Crippen molar-refractivity contribution >= 4 is 5.97 Å². The Morgan fingerprint density at radius 3 is 2.38 bits per heavy atom. The maximum Gasteiger partial charge on any atom is 0.308 e. The molecular weight excluding hydrogens is 174 g/mol. The van der Waals surface area contributed by atoms with Crippen molar-refractivity contribution in [3.05, 3.63) is 10.1 Å². The Bertz CT molecular complexity index is 193. The number of methoxy groups -OCH3 is 1. The van der Waals surface area contributed by atoms with Gasteiger partial charge in [-0.1, -0.05) is 6.92 Å². The van der Waals surface area contributed by atoms with Crippen LogP contribution in [0.5, 0.6) is 0 Å². The zero-order valence-electron chi connectivity index (χ0n) is 8.15. The van der Waals surface area contributed by atoms with Crippen LogP contribution in [0.3, 0.4) is 0 Å². The number of nitrogens with zero attached hydrogens (tertiary/aromatic N) is 1. The number of hydrogen-bond donors (Lipinski definition) is 0. The van der Waals surface area contributed by atoms with E-state index in [0.717, 1.165) is 0 Å². The standard InChI is InChI=1S/C8H15NO4/c1-6(8(10)13-3)4-5-7(2)9(11)12/h6-7H,4-5H2,1-3H3/t6-,7-/m0/s1. The molecule has 0 aromatic carbocycles. The third-order valence-electron chi connectivity index (χ3n) is 1.98. The van der Waals surface area contributed by atoms with Crippen LogP contribution in [0.1, 0.15) is 26.7 Å². The predicted octanol–water partition coefficient (Wildman–Crippen LogP) is 1.24. The van der Waals surface area contributed by atoms with Crippen molar-refractivity contribution in [3.63, 3.8) is 0 Å². The third kappa shape index (κ3) is 4.45. The van der Waals surface area contributed by atoms with Crippen LogP contribution in [0.4, 0.5) is 0 Å². The highest BCUT2D eigenvalue weighted by atomic mass is 16.6. The molecule has 0 N–H and O–H groups in total. The van der Waals surface area contributed by atoms with E-state index in [2.05, 4.69) is 4.74 Å². The highest BCUT2D eigenvalue weighted by molar-refractivity contribution is 5.71. The van der Waals surface area contributed by atoms with Gasteiger partial charge >= 0.3 is 5.97 Å². The molecule has 0 heterocycles. The van der Waals surface area contributed by atoms with Crippen LogP contribution in [0.2, 0.25) is 0 Å². The first kappa shape index (κ1) is 11.9. The summed E-state index contributed by atoms with van der Waals surface area (Å²) in [7, 11) is 1.32. The molecule has 0 saturated heterocycles. The van der Waals surface area contributed by atoms with Gasteiger partial charge in [0.05, 0.1) is 13.0 Å². The maximum absolute atomic E-state index is 10.9. The molecule has 0 bridgehead atoms. The Kier molecular flexibility index (Phi) is 5.03. The summed E-state index contributed by atoms with van der Waals surface area (Å²) in [6, 6.07) is -0.591. The van der Waals surface area contributed by atoms with E-state index in [1.807, 2.05) is 0 Å². The van der Waals surface area contributed by atoms with Crippen molar-refractivity contribution in [1.29, 1.82) is 0 Å². The molecule has 0 amide bonds. The van der Waals surface area contributed by atoms with Gasteiger partial charge in [0.2, 0.25) is 6.04 Å². The molecule has 0 unspecified atom stereocenters. The average molecular weight is 189 g/mol. The summed E-state index contributed by atoms with van der Waals surface area (Å²) in [4.78, 5) is 20.8. The number of hydrogen-bond acceptors (Lipinski definition) is 4. The minimum Gasteiger partial charge on any atom is -0.469 e. The van der Waals surface area contributed by atoms with Crippen molar-refractivity contribution in [2.24, 2.45) is 5.92 Å². The molecule has 76 valence electrons. The SMILES string of the molecule is COC(=O)[C@@H](C)CC[C@H](C)[N+](=O)[O-]. The van der Waals surface area contributed by atoms with Crippen LogP contribution in [-0.2, 0) is 9.53 Å². The van der Waals surface area contributed by atoms with Gasteiger partial charge in [-0.15, -0.1) is 0 Å². The Labute approximate surface area is 77.2 Å². The summed E-state index contributed by atoms with van der Waals surface area (Å²) >= 11 is 0. The number of carbonyl (C=O) groups excluding carboxylic acids is 1. The summed E-state index contributed by atoms with van der Waals surface area (Å²) in [5.41, 5.74) is 0. The number of rotatable bonds is 5. The van der Waals surface area contributed by atoms with Crippen LogP contribution in [0.15, 0.2) is 0 Å². The highest BCUT2D eigenvalue weighted by Crippen LogP contribution is 2.10. The molecule has 0 spiro atoms. The largest absolute Gasteiger partial charge is 0.469 e. The lowest BCUT2D eigenvalue weighted by atomic mass is 10.0. The van der Waals surface area contributed by atoms with Gasteiger partial charge in [-0.05, 0) is 6.42 Å². The van der Waals surface area contributed by atoms with Crippen LogP contribution >= 0.6 is 0 Å². The Morgan fingerprint density at radius 2 is 2.00 bits per heavy atom. The normalized spacial score (nSPS) is 14.7. The second kappa shape index (κ2) is 5.50. The monoisotopic (exact) mass is 189 g/mol. The molecule has 0 aliphatic heterocycles. The van der Waals surface area contributed by atoms with E-state index in [4.69, 9.17) is 0 Å².